The smallest absolute Gasteiger partial charge is 0.348 e. The van der Waals surface area contributed by atoms with Gasteiger partial charge in [-0.05, 0) is 29.1 Å². The van der Waals surface area contributed by atoms with Crippen LogP contribution in [0.2, 0.25) is 0 Å². The minimum atomic E-state index is -1.06. The maximum absolute atomic E-state index is 12.7. The summed E-state index contributed by atoms with van der Waals surface area (Å²) in [5.41, 5.74) is 1.25. The summed E-state index contributed by atoms with van der Waals surface area (Å²) in [6.45, 7) is 0. The van der Waals surface area contributed by atoms with Crippen molar-refractivity contribution in [2.45, 2.75) is 5.75 Å². The summed E-state index contributed by atoms with van der Waals surface area (Å²) in [6.07, 6.45) is 0. The van der Waals surface area contributed by atoms with Crippen LogP contribution in [-0.4, -0.2) is 22.7 Å². The molecule has 2 N–H and O–H groups in total. The lowest BCUT2D eigenvalue weighted by atomic mass is 10.2. The number of halogens is 1. The fourth-order valence-electron chi connectivity index (χ4n) is 1.60. The lowest BCUT2D eigenvalue weighted by Gasteiger charge is -2.05. The summed E-state index contributed by atoms with van der Waals surface area (Å²) in [5, 5.41) is 13.1. The van der Waals surface area contributed by atoms with Crippen LogP contribution in [-0.2, 0) is 10.5 Å². The molecule has 1 aromatic carbocycles. The van der Waals surface area contributed by atoms with E-state index in [4.69, 9.17) is 5.11 Å². The van der Waals surface area contributed by atoms with E-state index in [9.17, 15) is 14.0 Å². The summed E-state index contributed by atoms with van der Waals surface area (Å²) in [6, 6.07) is 7.65. The molecule has 0 radical (unpaired) electrons. The highest BCUT2D eigenvalue weighted by Crippen LogP contribution is 2.22. The largest absolute Gasteiger partial charge is 0.477 e. The molecule has 0 saturated carbocycles. The average molecular weight is 325 g/mol. The number of nitrogens with one attached hydrogen (secondary N) is 1. The number of amides is 1. The molecule has 0 atom stereocenters. The van der Waals surface area contributed by atoms with Gasteiger partial charge in [-0.3, -0.25) is 4.79 Å². The zero-order valence-corrected chi connectivity index (χ0v) is 12.5. The molecule has 0 aliphatic carbocycles. The van der Waals surface area contributed by atoms with Crippen LogP contribution in [0, 0.1) is 5.82 Å². The molecule has 110 valence electrons. The molecule has 2 aromatic rings. The molecule has 0 bridgehead atoms. The van der Waals surface area contributed by atoms with Crippen molar-refractivity contribution in [3.63, 3.8) is 0 Å². The zero-order chi connectivity index (χ0) is 15.2. The van der Waals surface area contributed by atoms with Crippen LogP contribution in [0.4, 0.5) is 10.1 Å². The van der Waals surface area contributed by atoms with E-state index in [0.29, 0.717) is 11.4 Å². The van der Waals surface area contributed by atoms with E-state index in [2.05, 4.69) is 5.32 Å². The highest BCUT2D eigenvalue weighted by molar-refractivity contribution is 7.99. The van der Waals surface area contributed by atoms with Gasteiger partial charge in [-0.2, -0.15) is 0 Å². The number of hydrogen-bond acceptors (Lipinski definition) is 4. The molecule has 0 aliphatic rings. The number of carboxylic acid groups (broad SMARTS) is 1. The maximum Gasteiger partial charge on any atom is 0.348 e. The molecule has 0 saturated heterocycles. The lowest BCUT2D eigenvalue weighted by Crippen LogP contribution is -2.15. The van der Waals surface area contributed by atoms with Crippen molar-refractivity contribution in [3.8, 4) is 0 Å². The molecule has 0 spiro atoms. The Bertz CT molecular complexity index is 640. The Labute approximate surface area is 129 Å². The number of benzene rings is 1. The molecule has 4 nitrogen and oxygen atoms in total. The Morgan fingerprint density at radius 1 is 1.24 bits per heavy atom. The Balaban J connectivity index is 1.81. The van der Waals surface area contributed by atoms with Gasteiger partial charge in [0.05, 0.1) is 11.4 Å². The topological polar surface area (TPSA) is 66.4 Å². The van der Waals surface area contributed by atoms with Crippen LogP contribution in [0.1, 0.15) is 15.2 Å². The maximum atomic E-state index is 12.7. The van der Waals surface area contributed by atoms with E-state index < -0.39 is 5.97 Å². The van der Waals surface area contributed by atoms with Crippen LogP contribution >= 0.6 is 23.1 Å². The minimum Gasteiger partial charge on any atom is -0.477 e. The highest BCUT2D eigenvalue weighted by atomic mass is 32.2. The number of thiophene rings is 1. The van der Waals surface area contributed by atoms with Gasteiger partial charge in [0.25, 0.3) is 0 Å². The fourth-order valence-corrected chi connectivity index (χ4v) is 3.08. The van der Waals surface area contributed by atoms with Gasteiger partial charge in [-0.15, -0.1) is 23.1 Å². The van der Waals surface area contributed by atoms with Crippen molar-refractivity contribution in [2.75, 3.05) is 11.1 Å². The molecule has 2 rings (SSSR count). The SMILES string of the molecule is O=C(CSCc1ccc(F)cc1)Nc1ccsc1C(=O)O. The molecule has 21 heavy (non-hydrogen) atoms. The number of aromatic carboxylic acids is 1. The standard InChI is InChI=1S/C14H12FNO3S2/c15-10-3-1-9(2-4-10)7-20-8-12(17)16-11-5-6-21-13(11)14(18)19/h1-6H,7-8H2,(H,16,17)(H,18,19). The lowest BCUT2D eigenvalue weighted by molar-refractivity contribution is -0.113. The number of carbonyl (C=O) groups excluding carboxylic acids is 1. The molecule has 1 aromatic heterocycles. The van der Waals surface area contributed by atoms with Crippen molar-refractivity contribution in [1.82, 2.24) is 0 Å². The van der Waals surface area contributed by atoms with E-state index in [1.165, 1.54) is 23.9 Å². The Morgan fingerprint density at radius 3 is 2.62 bits per heavy atom. The monoisotopic (exact) mass is 325 g/mol. The molecular formula is C14H12FNO3S2. The Kier molecular flexibility index (Phi) is 5.35. The van der Waals surface area contributed by atoms with E-state index in [1.54, 1.807) is 23.6 Å². The second-order valence-corrected chi connectivity index (χ2v) is 6.04. The van der Waals surface area contributed by atoms with Gasteiger partial charge in [0.2, 0.25) is 5.91 Å². The number of rotatable bonds is 6. The number of thioether (sulfide) groups is 1. The van der Waals surface area contributed by atoms with E-state index in [0.717, 1.165) is 16.9 Å². The molecule has 1 amide bonds. The van der Waals surface area contributed by atoms with E-state index in [-0.39, 0.29) is 22.4 Å². The third-order valence-corrected chi connectivity index (χ3v) is 4.45. The summed E-state index contributed by atoms with van der Waals surface area (Å²) < 4.78 is 12.7. The molecule has 1 heterocycles. The first kappa shape index (κ1) is 15.5. The molecule has 7 heteroatoms. The Hall–Kier alpha value is -1.86. The van der Waals surface area contributed by atoms with Crippen LogP contribution in [0.3, 0.4) is 0 Å². The van der Waals surface area contributed by atoms with E-state index in [1.807, 2.05) is 0 Å². The molecule has 0 fully saturated rings. The van der Waals surface area contributed by atoms with Gasteiger partial charge < -0.3 is 10.4 Å². The van der Waals surface area contributed by atoms with Gasteiger partial charge >= 0.3 is 5.97 Å². The van der Waals surface area contributed by atoms with Crippen LogP contribution in [0.15, 0.2) is 35.7 Å². The zero-order valence-electron chi connectivity index (χ0n) is 10.8. The average Bonchev–Trinajstić information content (AvgIpc) is 2.89. The predicted molar refractivity (Wildman–Crippen MR) is 82.5 cm³/mol. The minimum absolute atomic E-state index is 0.117. The summed E-state index contributed by atoms with van der Waals surface area (Å²) in [4.78, 5) is 22.8. The first-order valence-corrected chi connectivity index (χ1v) is 8.02. The number of carboxylic acids is 1. The van der Waals surface area contributed by atoms with Crippen LogP contribution < -0.4 is 5.32 Å². The van der Waals surface area contributed by atoms with Crippen molar-refractivity contribution >= 4 is 40.7 Å². The quantitative estimate of drug-likeness (QED) is 0.853. The van der Waals surface area contributed by atoms with Crippen molar-refractivity contribution in [1.29, 1.82) is 0 Å². The van der Waals surface area contributed by atoms with E-state index >= 15 is 0 Å². The Morgan fingerprint density at radius 2 is 1.95 bits per heavy atom. The highest BCUT2D eigenvalue weighted by Gasteiger charge is 2.13. The molecule has 0 aliphatic heterocycles. The van der Waals surface area contributed by atoms with Gasteiger partial charge in [0.1, 0.15) is 10.7 Å². The van der Waals surface area contributed by atoms with Gasteiger partial charge in [-0.25, -0.2) is 9.18 Å². The van der Waals surface area contributed by atoms with Crippen molar-refractivity contribution in [2.24, 2.45) is 0 Å². The molecular weight excluding hydrogens is 313 g/mol. The summed E-state index contributed by atoms with van der Waals surface area (Å²) in [5.74, 6) is -0.822. The van der Waals surface area contributed by atoms with Gasteiger partial charge in [0.15, 0.2) is 0 Å². The second-order valence-electron chi connectivity index (χ2n) is 4.14. The second kappa shape index (κ2) is 7.24. The van der Waals surface area contributed by atoms with Crippen molar-refractivity contribution < 1.29 is 19.1 Å². The normalized spacial score (nSPS) is 10.3. The third kappa shape index (κ3) is 4.57. The van der Waals surface area contributed by atoms with Crippen LogP contribution in [0.25, 0.3) is 0 Å². The predicted octanol–water partition coefficient (Wildman–Crippen LogP) is 3.46. The van der Waals surface area contributed by atoms with Crippen molar-refractivity contribution in [3.05, 3.63) is 52.0 Å². The number of carbonyl (C=O) groups is 2. The van der Waals surface area contributed by atoms with Crippen LogP contribution in [0.5, 0.6) is 0 Å². The first-order chi connectivity index (χ1) is 10.1. The van der Waals surface area contributed by atoms with Gasteiger partial charge in [0, 0.05) is 5.75 Å². The fraction of sp³-hybridized carbons (Fsp3) is 0.143. The van der Waals surface area contributed by atoms with Gasteiger partial charge in [-0.1, -0.05) is 12.1 Å². The first-order valence-electron chi connectivity index (χ1n) is 5.99. The molecule has 0 unspecified atom stereocenters. The number of hydrogen-bond donors (Lipinski definition) is 2. The number of anilines is 1. The third-order valence-electron chi connectivity index (χ3n) is 2.55. The summed E-state index contributed by atoms with van der Waals surface area (Å²) >= 11 is 2.44. The summed E-state index contributed by atoms with van der Waals surface area (Å²) in [7, 11) is 0.